The predicted octanol–water partition coefficient (Wildman–Crippen LogP) is 2.63. The molecule has 0 amide bonds. The van der Waals surface area contributed by atoms with Gasteiger partial charge in [0.05, 0.1) is 5.54 Å². The number of nitrogens with two attached hydrogens (primary N) is 1. The molecule has 0 aliphatic rings. The van der Waals surface area contributed by atoms with Crippen LogP contribution in [0, 0.1) is 10.8 Å². The molecule has 0 radical (unpaired) electrons. The smallest absolute Gasteiger partial charge is 0.149 e. The van der Waals surface area contributed by atoms with E-state index in [-0.39, 0.29) is 5.41 Å². The van der Waals surface area contributed by atoms with E-state index in [1.807, 2.05) is 13.8 Å². The average Bonchev–Trinajstić information content (AvgIpc) is 2.16. The first-order valence-corrected chi connectivity index (χ1v) is 5.64. The Morgan fingerprint density at radius 1 is 1.38 bits per heavy atom. The molecule has 0 heterocycles. The molecule has 0 saturated heterocycles. The fraction of sp³-hybridized carbons (Fsp3) is 0.750. The van der Waals surface area contributed by atoms with Crippen LogP contribution in [0.25, 0.3) is 0 Å². The molecule has 1 atom stereocenters. The topological polar surface area (TPSA) is 74.6 Å². The summed E-state index contributed by atoms with van der Waals surface area (Å²) in [4.78, 5) is 8.09. The average molecular weight is 224 g/mol. The van der Waals surface area contributed by atoms with Crippen LogP contribution in [-0.2, 0) is 0 Å². The van der Waals surface area contributed by atoms with E-state index >= 15 is 0 Å². The molecular formula is C12H24N4. The summed E-state index contributed by atoms with van der Waals surface area (Å²) in [6.45, 7) is 10.2. The third-order valence-corrected chi connectivity index (χ3v) is 2.75. The van der Waals surface area contributed by atoms with Crippen LogP contribution >= 0.6 is 0 Å². The Balaban J connectivity index is 5.00. The van der Waals surface area contributed by atoms with Crippen molar-refractivity contribution >= 4 is 18.4 Å². The van der Waals surface area contributed by atoms with Crippen molar-refractivity contribution in [3.05, 3.63) is 0 Å². The largest absolute Gasteiger partial charge is 0.319 e. The normalized spacial score (nSPS) is 17.5. The molecule has 4 nitrogen and oxygen atoms in total. The molecule has 0 bridgehead atoms. The summed E-state index contributed by atoms with van der Waals surface area (Å²) in [5.41, 5.74) is 5.80. The van der Waals surface area contributed by atoms with E-state index in [9.17, 15) is 0 Å². The van der Waals surface area contributed by atoms with E-state index in [0.717, 1.165) is 19.2 Å². The number of nitrogens with zero attached hydrogens (tertiary/aromatic N) is 2. The van der Waals surface area contributed by atoms with Crippen molar-refractivity contribution < 1.29 is 0 Å². The summed E-state index contributed by atoms with van der Waals surface area (Å²) in [7, 11) is 0. The fourth-order valence-electron chi connectivity index (χ4n) is 1.71. The Labute approximate surface area is 98.6 Å². The highest BCUT2D eigenvalue weighted by atomic mass is 15.0. The van der Waals surface area contributed by atoms with Crippen molar-refractivity contribution in [3.8, 4) is 0 Å². The van der Waals surface area contributed by atoms with Gasteiger partial charge in [-0.1, -0.05) is 27.2 Å². The van der Waals surface area contributed by atoms with Crippen molar-refractivity contribution in [2.45, 2.75) is 53.0 Å². The standard InChI is InChI=1S/C12H24N4/c1-6-11(3,4)8-12(5,14)10(15-7-2)16-9-13/h7,9,13H,6,8,14H2,1-5H3. The molecule has 0 aromatic heterocycles. The highest BCUT2D eigenvalue weighted by Gasteiger charge is 2.32. The van der Waals surface area contributed by atoms with Crippen LogP contribution in [0.5, 0.6) is 0 Å². The molecule has 0 fully saturated rings. The van der Waals surface area contributed by atoms with Gasteiger partial charge in [-0.2, -0.15) is 0 Å². The first-order valence-electron chi connectivity index (χ1n) is 5.64. The molecule has 92 valence electrons. The summed E-state index contributed by atoms with van der Waals surface area (Å²) in [5, 5.41) is 7.03. The Kier molecular flexibility index (Phi) is 5.51. The van der Waals surface area contributed by atoms with Crippen molar-refractivity contribution in [1.29, 1.82) is 5.41 Å². The second-order valence-electron chi connectivity index (χ2n) is 5.08. The van der Waals surface area contributed by atoms with E-state index in [0.29, 0.717) is 5.84 Å². The van der Waals surface area contributed by atoms with E-state index in [1.165, 1.54) is 0 Å². The van der Waals surface area contributed by atoms with Gasteiger partial charge in [-0.3, -0.25) is 5.41 Å². The Hall–Kier alpha value is -1.03. The van der Waals surface area contributed by atoms with Crippen molar-refractivity contribution in [3.63, 3.8) is 0 Å². The minimum atomic E-state index is -0.594. The molecule has 0 spiro atoms. The van der Waals surface area contributed by atoms with E-state index in [1.54, 1.807) is 6.21 Å². The molecule has 0 aliphatic carbocycles. The molecule has 16 heavy (non-hydrogen) atoms. The highest BCUT2D eigenvalue weighted by molar-refractivity contribution is 5.99. The van der Waals surface area contributed by atoms with Gasteiger partial charge in [-0.15, -0.1) is 0 Å². The van der Waals surface area contributed by atoms with E-state index in [4.69, 9.17) is 11.1 Å². The Morgan fingerprint density at radius 2 is 1.94 bits per heavy atom. The number of nitrogens with one attached hydrogen (secondary N) is 1. The molecule has 4 heteroatoms. The Morgan fingerprint density at radius 3 is 2.31 bits per heavy atom. The number of rotatable bonds is 5. The molecular weight excluding hydrogens is 200 g/mol. The van der Waals surface area contributed by atoms with Crippen LogP contribution in [0.3, 0.4) is 0 Å². The molecule has 0 saturated carbocycles. The maximum atomic E-state index is 7.03. The maximum absolute atomic E-state index is 7.03. The second kappa shape index (κ2) is 5.89. The summed E-state index contributed by atoms with van der Waals surface area (Å²) in [6.07, 6.45) is 4.49. The van der Waals surface area contributed by atoms with Crippen LogP contribution in [0.15, 0.2) is 9.98 Å². The molecule has 3 N–H and O–H groups in total. The SMILES string of the molecule is CC=NC(=NC=N)C(C)(N)CC(C)(C)CC. The monoisotopic (exact) mass is 224 g/mol. The summed E-state index contributed by atoms with van der Waals surface area (Å²) >= 11 is 0. The van der Waals surface area contributed by atoms with Gasteiger partial charge in [-0.05, 0) is 25.7 Å². The number of hydrogen-bond acceptors (Lipinski definition) is 2. The summed E-state index contributed by atoms with van der Waals surface area (Å²) < 4.78 is 0. The quantitative estimate of drug-likeness (QED) is 0.546. The summed E-state index contributed by atoms with van der Waals surface area (Å²) in [5.74, 6) is 0.520. The zero-order valence-electron chi connectivity index (χ0n) is 11.0. The Bertz CT molecular complexity index is 287. The predicted molar refractivity (Wildman–Crippen MR) is 71.7 cm³/mol. The first kappa shape index (κ1) is 15.0. The van der Waals surface area contributed by atoms with Gasteiger partial charge in [0.15, 0.2) is 0 Å². The third kappa shape index (κ3) is 4.66. The highest BCUT2D eigenvalue weighted by Crippen LogP contribution is 2.30. The van der Waals surface area contributed by atoms with Gasteiger partial charge >= 0.3 is 0 Å². The number of aliphatic imine (C=N–C) groups is 2. The van der Waals surface area contributed by atoms with Crippen molar-refractivity contribution in [1.82, 2.24) is 0 Å². The lowest BCUT2D eigenvalue weighted by Gasteiger charge is -2.33. The van der Waals surface area contributed by atoms with E-state index in [2.05, 4.69) is 30.8 Å². The number of amidine groups is 1. The van der Waals surface area contributed by atoms with Gasteiger partial charge in [0.2, 0.25) is 0 Å². The van der Waals surface area contributed by atoms with Gasteiger partial charge < -0.3 is 5.73 Å². The van der Waals surface area contributed by atoms with Gasteiger partial charge in [0.1, 0.15) is 12.2 Å². The zero-order valence-corrected chi connectivity index (χ0v) is 11.0. The first-order chi connectivity index (χ1) is 7.29. The maximum Gasteiger partial charge on any atom is 0.149 e. The lowest BCUT2D eigenvalue weighted by atomic mass is 9.77. The second-order valence-corrected chi connectivity index (χ2v) is 5.08. The minimum Gasteiger partial charge on any atom is -0.319 e. The molecule has 0 aromatic rings. The van der Waals surface area contributed by atoms with Crippen LogP contribution in [0.1, 0.15) is 47.5 Å². The molecule has 0 aliphatic heterocycles. The van der Waals surface area contributed by atoms with Crippen LogP contribution in [0.4, 0.5) is 0 Å². The van der Waals surface area contributed by atoms with Gasteiger partial charge in [-0.25, -0.2) is 9.98 Å². The molecule has 1 unspecified atom stereocenters. The lowest BCUT2D eigenvalue weighted by Crippen LogP contribution is -2.47. The van der Waals surface area contributed by atoms with Crippen LogP contribution in [-0.4, -0.2) is 23.9 Å². The van der Waals surface area contributed by atoms with Crippen LogP contribution in [0.2, 0.25) is 0 Å². The lowest BCUT2D eigenvalue weighted by molar-refractivity contribution is 0.276. The molecule has 0 rings (SSSR count). The van der Waals surface area contributed by atoms with Gasteiger partial charge in [0, 0.05) is 6.21 Å². The summed E-state index contributed by atoms with van der Waals surface area (Å²) in [6, 6.07) is 0. The van der Waals surface area contributed by atoms with E-state index < -0.39 is 5.54 Å². The minimum absolute atomic E-state index is 0.148. The van der Waals surface area contributed by atoms with Crippen molar-refractivity contribution in [2.75, 3.05) is 0 Å². The third-order valence-electron chi connectivity index (χ3n) is 2.75. The van der Waals surface area contributed by atoms with Crippen molar-refractivity contribution in [2.24, 2.45) is 21.1 Å². The van der Waals surface area contributed by atoms with Crippen LogP contribution < -0.4 is 5.73 Å². The number of hydrogen-bond donors (Lipinski definition) is 2. The zero-order chi connectivity index (χ0) is 12.8. The fourth-order valence-corrected chi connectivity index (χ4v) is 1.71. The van der Waals surface area contributed by atoms with Gasteiger partial charge in [0.25, 0.3) is 0 Å². The molecule has 0 aromatic carbocycles.